The summed E-state index contributed by atoms with van der Waals surface area (Å²) in [5, 5.41) is 9.21. The molecule has 3 rings (SSSR count). The van der Waals surface area contributed by atoms with E-state index < -0.39 is 12.1 Å². The highest BCUT2D eigenvalue weighted by Gasteiger charge is 2.32. The highest BCUT2D eigenvalue weighted by Crippen LogP contribution is 2.30. The van der Waals surface area contributed by atoms with Gasteiger partial charge in [0.05, 0.1) is 12.2 Å². The molecule has 1 aromatic carbocycles. The summed E-state index contributed by atoms with van der Waals surface area (Å²) in [6.45, 7) is 0.826. The van der Waals surface area contributed by atoms with Crippen LogP contribution in [0.3, 0.4) is 0 Å². The van der Waals surface area contributed by atoms with Gasteiger partial charge in [-0.15, -0.1) is 0 Å². The molecule has 4 nitrogen and oxygen atoms in total. The van der Waals surface area contributed by atoms with Crippen molar-refractivity contribution in [1.29, 1.82) is 0 Å². The molecule has 0 radical (unpaired) electrons. The van der Waals surface area contributed by atoms with Crippen LogP contribution in [-0.2, 0) is 16.1 Å². The molecule has 0 aromatic heterocycles. The van der Waals surface area contributed by atoms with Crippen molar-refractivity contribution in [2.75, 3.05) is 6.54 Å². The van der Waals surface area contributed by atoms with E-state index in [1.807, 2.05) is 11.0 Å². The Morgan fingerprint density at radius 2 is 2.14 bits per heavy atom. The average Bonchev–Trinajstić information content (AvgIpc) is 2.49. The number of carbonyl (C=O) groups is 1. The zero-order valence-electron chi connectivity index (χ0n) is 11.5. The third-order valence-corrected chi connectivity index (χ3v) is 3.67. The SMILES string of the molecule is O=C(O)C1CN(Cc2ccc(F)cc2)C2=C(CCC=C2)O1. The van der Waals surface area contributed by atoms with Gasteiger partial charge in [-0.1, -0.05) is 18.2 Å². The smallest absolute Gasteiger partial charge is 0.346 e. The molecule has 0 amide bonds. The molecule has 1 heterocycles. The number of benzene rings is 1. The number of rotatable bonds is 3. The van der Waals surface area contributed by atoms with E-state index in [0.717, 1.165) is 29.9 Å². The van der Waals surface area contributed by atoms with Crippen molar-refractivity contribution >= 4 is 5.97 Å². The van der Waals surface area contributed by atoms with Crippen molar-refractivity contribution in [2.45, 2.75) is 25.5 Å². The monoisotopic (exact) mass is 289 g/mol. The number of nitrogens with zero attached hydrogens (tertiary/aromatic N) is 1. The Hall–Kier alpha value is -2.30. The van der Waals surface area contributed by atoms with Gasteiger partial charge in [0.25, 0.3) is 0 Å². The Morgan fingerprint density at radius 3 is 2.86 bits per heavy atom. The molecule has 0 saturated heterocycles. The van der Waals surface area contributed by atoms with Gasteiger partial charge in [0.2, 0.25) is 6.10 Å². The van der Waals surface area contributed by atoms with Crippen molar-refractivity contribution in [1.82, 2.24) is 4.90 Å². The van der Waals surface area contributed by atoms with Crippen molar-refractivity contribution in [3.05, 3.63) is 59.3 Å². The van der Waals surface area contributed by atoms with Crippen LogP contribution in [0.5, 0.6) is 0 Å². The maximum Gasteiger partial charge on any atom is 0.346 e. The molecule has 21 heavy (non-hydrogen) atoms. The van der Waals surface area contributed by atoms with Crippen LogP contribution in [0.4, 0.5) is 4.39 Å². The molecule has 110 valence electrons. The lowest BCUT2D eigenvalue weighted by Gasteiger charge is -2.37. The number of allylic oxidation sites excluding steroid dienone is 3. The summed E-state index contributed by atoms with van der Waals surface area (Å²) in [6, 6.07) is 6.26. The third-order valence-electron chi connectivity index (χ3n) is 3.67. The number of hydrogen-bond acceptors (Lipinski definition) is 3. The van der Waals surface area contributed by atoms with Crippen LogP contribution in [-0.4, -0.2) is 28.6 Å². The summed E-state index contributed by atoms with van der Waals surface area (Å²) in [7, 11) is 0. The highest BCUT2D eigenvalue weighted by atomic mass is 19.1. The topological polar surface area (TPSA) is 49.8 Å². The lowest BCUT2D eigenvalue weighted by atomic mass is 10.0. The van der Waals surface area contributed by atoms with Crippen LogP contribution in [0, 0.1) is 5.82 Å². The van der Waals surface area contributed by atoms with Gasteiger partial charge < -0.3 is 14.7 Å². The van der Waals surface area contributed by atoms with E-state index in [0.29, 0.717) is 6.54 Å². The first kappa shape index (κ1) is 13.7. The van der Waals surface area contributed by atoms with Gasteiger partial charge in [-0.2, -0.15) is 0 Å². The molecule has 1 aliphatic heterocycles. The Bertz CT molecular complexity index is 606. The second-order valence-corrected chi connectivity index (χ2v) is 5.20. The van der Waals surface area contributed by atoms with E-state index in [-0.39, 0.29) is 12.4 Å². The van der Waals surface area contributed by atoms with Crippen molar-refractivity contribution < 1.29 is 19.0 Å². The second kappa shape index (κ2) is 5.60. The Labute approximate surface area is 122 Å². The van der Waals surface area contributed by atoms with Crippen LogP contribution >= 0.6 is 0 Å². The molecule has 1 aromatic rings. The van der Waals surface area contributed by atoms with E-state index in [4.69, 9.17) is 4.74 Å². The average molecular weight is 289 g/mol. The number of ether oxygens (including phenoxy) is 1. The molecule has 0 spiro atoms. The lowest BCUT2D eigenvalue weighted by Crippen LogP contribution is -2.42. The van der Waals surface area contributed by atoms with Gasteiger partial charge in [-0.05, 0) is 30.2 Å². The molecule has 0 bridgehead atoms. The van der Waals surface area contributed by atoms with E-state index in [9.17, 15) is 14.3 Å². The minimum atomic E-state index is -0.958. The van der Waals surface area contributed by atoms with Crippen LogP contribution in [0.2, 0.25) is 0 Å². The summed E-state index contributed by atoms with van der Waals surface area (Å²) in [5.41, 5.74) is 1.87. The predicted molar refractivity (Wildman–Crippen MR) is 74.7 cm³/mol. The number of halogens is 1. The fourth-order valence-electron chi connectivity index (χ4n) is 2.63. The molecule has 1 aliphatic carbocycles. The van der Waals surface area contributed by atoms with E-state index in [1.54, 1.807) is 12.1 Å². The molecular weight excluding hydrogens is 273 g/mol. The van der Waals surface area contributed by atoms with Crippen LogP contribution < -0.4 is 0 Å². The summed E-state index contributed by atoms with van der Waals surface area (Å²) >= 11 is 0. The second-order valence-electron chi connectivity index (χ2n) is 5.20. The fraction of sp³-hybridized carbons (Fsp3) is 0.312. The van der Waals surface area contributed by atoms with Gasteiger partial charge in [0.1, 0.15) is 11.6 Å². The van der Waals surface area contributed by atoms with Gasteiger partial charge in [-0.25, -0.2) is 9.18 Å². The maximum atomic E-state index is 13.0. The van der Waals surface area contributed by atoms with E-state index in [2.05, 4.69) is 6.08 Å². The molecule has 1 atom stereocenters. The normalized spacial score (nSPS) is 21.0. The number of carboxylic acid groups (broad SMARTS) is 1. The van der Waals surface area contributed by atoms with Crippen molar-refractivity contribution in [3.8, 4) is 0 Å². The first-order valence-corrected chi connectivity index (χ1v) is 6.92. The summed E-state index contributed by atoms with van der Waals surface area (Å²) < 4.78 is 18.5. The summed E-state index contributed by atoms with van der Waals surface area (Å²) in [6.07, 6.45) is 4.75. The number of hydrogen-bond donors (Lipinski definition) is 1. The number of aliphatic carboxylic acids is 1. The summed E-state index contributed by atoms with van der Waals surface area (Å²) in [5.74, 6) is -0.500. The first-order valence-electron chi connectivity index (χ1n) is 6.92. The molecule has 5 heteroatoms. The highest BCUT2D eigenvalue weighted by molar-refractivity contribution is 5.73. The molecule has 0 fully saturated rings. The molecule has 1 unspecified atom stereocenters. The molecule has 0 saturated carbocycles. The van der Waals surface area contributed by atoms with E-state index in [1.165, 1.54) is 12.1 Å². The largest absolute Gasteiger partial charge is 0.479 e. The Balaban J connectivity index is 1.85. The van der Waals surface area contributed by atoms with Gasteiger partial charge in [0, 0.05) is 13.0 Å². The zero-order valence-corrected chi connectivity index (χ0v) is 11.5. The number of carboxylic acids is 1. The van der Waals surface area contributed by atoms with Gasteiger partial charge in [0.15, 0.2) is 0 Å². The quantitative estimate of drug-likeness (QED) is 0.929. The molecule has 1 N–H and O–H groups in total. The van der Waals surface area contributed by atoms with Crippen LogP contribution in [0.15, 0.2) is 47.9 Å². The maximum absolute atomic E-state index is 13.0. The minimum Gasteiger partial charge on any atom is -0.479 e. The Kier molecular flexibility index (Phi) is 3.64. The van der Waals surface area contributed by atoms with Gasteiger partial charge in [-0.3, -0.25) is 0 Å². The molecule has 2 aliphatic rings. The molecular formula is C16H16FNO3. The van der Waals surface area contributed by atoms with Gasteiger partial charge >= 0.3 is 5.97 Å². The minimum absolute atomic E-state index is 0.276. The first-order chi connectivity index (χ1) is 10.1. The third kappa shape index (κ3) is 2.91. The lowest BCUT2D eigenvalue weighted by molar-refractivity contribution is -0.150. The predicted octanol–water partition coefficient (Wildman–Crippen LogP) is 2.67. The van der Waals surface area contributed by atoms with E-state index >= 15 is 0 Å². The van der Waals surface area contributed by atoms with Crippen molar-refractivity contribution in [3.63, 3.8) is 0 Å². The zero-order chi connectivity index (χ0) is 14.8. The van der Waals surface area contributed by atoms with Crippen LogP contribution in [0.25, 0.3) is 0 Å². The summed E-state index contributed by atoms with van der Waals surface area (Å²) in [4.78, 5) is 13.2. The standard InChI is InChI=1S/C16H16FNO3/c17-12-7-5-11(6-8-12)9-18-10-15(16(19)20)21-14-4-2-1-3-13(14)18/h1,3,5-8,15H,2,4,9-10H2,(H,19,20). The Morgan fingerprint density at radius 1 is 1.38 bits per heavy atom. The van der Waals surface area contributed by atoms with Crippen LogP contribution in [0.1, 0.15) is 18.4 Å². The fourth-order valence-corrected chi connectivity index (χ4v) is 2.63. The van der Waals surface area contributed by atoms with Crippen molar-refractivity contribution in [2.24, 2.45) is 0 Å².